The van der Waals surface area contributed by atoms with Crippen LogP contribution in [0.1, 0.15) is 41.5 Å². The highest BCUT2D eigenvalue weighted by Gasteiger charge is 2.44. The van der Waals surface area contributed by atoms with Gasteiger partial charge in [0.2, 0.25) is 0 Å². The second-order valence-corrected chi connectivity index (χ2v) is 4.53. The van der Waals surface area contributed by atoms with Crippen molar-refractivity contribution in [1.29, 1.82) is 0 Å². The Morgan fingerprint density at radius 1 is 1.50 bits per heavy atom. The van der Waals surface area contributed by atoms with Crippen molar-refractivity contribution in [3.05, 3.63) is 0 Å². The first-order valence-corrected chi connectivity index (χ1v) is 5.27. The standard InChI is InChI=1S/C10H20N2.H2/c1-4-10-8-5-9(6-8)12(11-10)7(2)3;/h7-11H,4-6H2,1-3H3;1H. The van der Waals surface area contributed by atoms with Crippen LogP contribution in [-0.2, 0) is 0 Å². The molecule has 2 nitrogen and oxygen atoms in total. The highest BCUT2D eigenvalue weighted by molar-refractivity contribution is 4.97. The van der Waals surface area contributed by atoms with Crippen molar-refractivity contribution >= 4 is 0 Å². The molecular formula is C10H22N2. The van der Waals surface area contributed by atoms with Gasteiger partial charge >= 0.3 is 0 Å². The van der Waals surface area contributed by atoms with Gasteiger partial charge in [-0.15, -0.1) is 0 Å². The van der Waals surface area contributed by atoms with Crippen LogP contribution in [0.3, 0.4) is 0 Å². The zero-order valence-corrected chi connectivity index (χ0v) is 8.38. The average Bonchev–Trinajstić information content (AvgIpc) is 2.01. The van der Waals surface area contributed by atoms with Crippen LogP contribution in [-0.4, -0.2) is 23.1 Å². The van der Waals surface area contributed by atoms with E-state index in [1.807, 2.05) is 0 Å². The van der Waals surface area contributed by atoms with Crippen molar-refractivity contribution < 1.29 is 1.43 Å². The third-order valence-electron chi connectivity index (χ3n) is 3.42. The van der Waals surface area contributed by atoms with E-state index in [2.05, 4.69) is 31.2 Å². The highest BCUT2D eigenvalue weighted by atomic mass is 15.6. The number of hydrogen-bond acceptors (Lipinski definition) is 2. The molecule has 1 atom stereocenters. The third kappa shape index (κ3) is 1.17. The Morgan fingerprint density at radius 2 is 2.17 bits per heavy atom. The first-order valence-electron chi connectivity index (χ1n) is 5.27. The smallest absolute Gasteiger partial charge is 0.0253 e. The van der Waals surface area contributed by atoms with Gasteiger partial charge in [-0.2, -0.15) is 0 Å². The molecule has 12 heavy (non-hydrogen) atoms. The minimum atomic E-state index is 0. The molecule has 2 heteroatoms. The van der Waals surface area contributed by atoms with E-state index in [1.54, 1.807) is 0 Å². The van der Waals surface area contributed by atoms with Crippen LogP contribution in [0.25, 0.3) is 0 Å². The Hall–Kier alpha value is -0.0800. The van der Waals surface area contributed by atoms with Gasteiger partial charge in [-0.05, 0) is 39.0 Å². The molecule has 1 unspecified atom stereocenters. The minimum absolute atomic E-state index is 0. The molecule has 2 bridgehead atoms. The summed E-state index contributed by atoms with van der Waals surface area (Å²) >= 11 is 0. The number of nitrogens with one attached hydrogen (secondary N) is 1. The number of hydrogen-bond donors (Lipinski definition) is 1. The molecule has 0 radical (unpaired) electrons. The lowest BCUT2D eigenvalue weighted by Gasteiger charge is -2.55. The molecule has 0 aromatic heterocycles. The number of fused-ring (bicyclic) bond motifs is 2. The molecule has 2 aliphatic heterocycles. The molecule has 2 saturated heterocycles. The second-order valence-electron chi connectivity index (χ2n) is 4.53. The summed E-state index contributed by atoms with van der Waals surface area (Å²) < 4.78 is 0. The quantitative estimate of drug-likeness (QED) is 0.682. The van der Waals surface area contributed by atoms with E-state index in [-0.39, 0.29) is 1.43 Å². The van der Waals surface area contributed by atoms with E-state index in [4.69, 9.17) is 0 Å². The van der Waals surface area contributed by atoms with Crippen molar-refractivity contribution in [2.75, 3.05) is 0 Å². The second kappa shape index (κ2) is 3.00. The maximum absolute atomic E-state index is 3.64. The van der Waals surface area contributed by atoms with Crippen molar-refractivity contribution in [3.8, 4) is 0 Å². The fourth-order valence-corrected chi connectivity index (χ4v) is 2.58. The van der Waals surface area contributed by atoms with Crippen LogP contribution >= 0.6 is 0 Å². The van der Waals surface area contributed by atoms with Gasteiger partial charge in [-0.25, -0.2) is 5.01 Å². The fourth-order valence-electron chi connectivity index (χ4n) is 2.58. The van der Waals surface area contributed by atoms with E-state index in [0.29, 0.717) is 6.04 Å². The van der Waals surface area contributed by atoms with Gasteiger partial charge in [-0.1, -0.05) is 6.92 Å². The van der Waals surface area contributed by atoms with Crippen molar-refractivity contribution in [2.24, 2.45) is 5.92 Å². The summed E-state index contributed by atoms with van der Waals surface area (Å²) in [5, 5.41) is 2.47. The molecule has 3 rings (SSSR count). The van der Waals surface area contributed by atoms with E-state index in [9.17, 15) is 0 Å². The molecule has 1 N–H and O–H groups in total. The van der Waals surface area contributed by atoms with Gasteiger partial charge in [0, 0.05) is 19.6 Å². The van der Waals surface area contributed by atoms with Gasteiger partial charge in [0.1, 0.15) is 0 Å². The molecular weight excluding hydrogens is 148 g/mol. The van der Waals surface area contributed by atoms with Crippen LogP contribution in [0.5, 0.6) is 0 Å². The van der Waals surface area contributed by atoms with Gasteiger partial charge < -0.3 is 0 Å². The molecule has 1 aliphatic carbocycles. The Balaban J connectivity index is 0.000000845. The fraction of sp³-hybridized carbons (Fsp3) is 1.00. The van der Waals surface area contributed by atoms with Gasteiger partial charge in [0.15, 0.2) is 0 Å². The van der Waals surface area contributed by atoms with E-state index >= 15 is 0 Å². The van der Waals surface area contributed by atoms with Crippen LogP contribution in [0.2, 0.25) is 0 Å². The Bertz CT molecular complexity index is 166. The first-order chi connectivity index (χ1) is 5.72. The summed E-state index contributed by atoms with van der Waals surface area (Å²) in [6.45, 7) is 6.84. The van der Waals surface area contributed by atoms with Crippen molar-refractivity contribution in [1.82, 2.24) is 10.4 Å². The topological polar surface area (TPSA) is 15.3 Å². The number of rotatable bonds is 2. The molecule has 0 spiro atoms. The number of hydrazine groups is 1. The van der Waals surface area contributed by atoms with Gasteiger partial charge in [-0.3, -0.25) is 5.43 Å². The zero-order chi connectivity index (χ0) is 8.72. The van der Waals surface area contributed by atoms with Crippen LogP contribution in [0.4, 0.5) is 0 Å². The average molecular weight is 170 g/mol. The molecule has 0 amide bonds. The SMILES string of the molecule is CCC1NN(C(C)C)C2CC1C2.[HH]. The maximum Gasteiger partial charge on any atom is 0.0253 e. The van der Waals surface area contributed by atoms with E-state index in [0.717, 1.165) is 18.0 Å². The van der Waals surface area contributed by atoms with Crippen molar-refractivity contribution in [3.63, 3.8) is 0 Å². The lowest BCUT2D eigenvalue weighted by Crippen LogP contribution is -2.67. The third-order valence-corrected chi connectivity index (χ3v) is 3.42. The highest BCUT2D eigenvalue weighted by Crippen LogP contribution is 2.39. The van der Waals surface area contributed by atoms with Crippen LogP contribution in [0.15, 0.2) is 0 Å². The van der Waals surface area contributed by atoms with E-state index in [1.165, 1.54) is 19.3 Å². The van der Waals surface area contributed by atoms with Gasteiger partial charge in [0.05, 0.1) is 0 Å². The van der Waals surface area contributed by atoms with Crippen molar-refractivity contribution in [2.45, 2.75) is 58.2 Å². The summed E-state index contributed by atoms with van der Waals surface area (Å²) in [5.41, 5.74) is 3.64. The molecule has 72 valence electrons. The molecule has 3 aliphatic rings. The molecule has 3 fully saturated rings. The predicted molar refractivity (Wildman–Crippen MR) is 52.8 cm³/mol. The Morgan fingerprint density at radius 3 is 2.67 bits per heavy atom. The summed E-state index contributed by atoms with van der Waals surface area (Å²) in [7, 11) is 0. The monoisotopic (exact) mass is 170 g/mol. The predicted octanol–water partition coefficient (Wildman–Crippen LogP) is 2.02. The lowest BCUT2D eigenvalue weighted by atomic mass is 9.72. The summed E-state index contributed by atoms with van der Waals surface area (Å²) in [6.07, 6.45) is 4.15. The molecule has 2 heterocycles. The largest absolute Gasteiger partial charge is 0.251 e. The normalized spacial score (nSPS) is 41.5. The first kappa shape index (κ1) is 8.52. The Kier molecular flexibility index (Phi) is 2.13. The Labute approximate surface area is 76.8 Å². The van der Waals surface area contributed by atoms with Crippen LogP contribution in [0, 0.1) is 5.92 Å². The minimum Gasteiger partial charge on any atom is -0.251 e. The summed E-state index contributed by atoms with van der Waals surface area (Å²) in [5.74, 6) is 0.981. The summed E-state index contributed by atoms with van der Waals surface area (Å²) in [4.78, 5) is 0. The maximum atomic E-state index is 3.64. The summed E-state index contributed by atoms with van der Waals surface area (Å²) in [6, 6.07) is 2.26. The molecule has 0 aromatic rings. The molecule has 1 saturated carbocycles. The van der Waals surface area contributed by atoms with Gasteiger partial charge in [0.25, 0.3) is 0 Å². The zero-order valence-electron chi connectivity index (χ0n) is 8.38. The number of nitrogens with zero attached hydrogens (tertiary/aromatic N) is 1. The van der Waals surface area contributed by atoms with E-state index < -0.39 is 0 Å². The van der Waals surface area contributed by atoms with Crippen LogP contribution < -0.4 is 5.43 Å². The molecule has 0 aromatic carbocycles. The lowest BCUT2D eigenvalue weighted by molar-refractivity contribution is -0.0830.